The molecule has 4 heteroatoms. The number of para-hydroxylation sites is 1. The molecule has 0 aliphatic carbocycles. The van der Waals surface area contributed by atoms with Crippen molar-refractivity contribution in [2.45, 2.75) is 13.5 Å². The van der Waals surface area contributed by atoms with E-state index in [1.165, 1.54) is 15.0 Å². The van der Waals surface area contributed by atoms with Crippen molar-refractivity contribution in [3.63, 3.8) is 0 Å². The molecule has 3 nitrogen and oxygen atoms in total. The van der Waals surface area contributed by atoms with Gasteiger partial charge in [-0.25, -0.2) is 4.98 Å². The van der Waals surface area contributed by atoms with Gasteiger partial charge in [-0.3, -0.25) is 0 Å². The number of aromatic nitrogens is 1. The van der Waals surface area contributed by atoms with Gasteiger partial charge in [0, 0.05) is 33.2 Å². The molecule has 0 bridgehead atoms. The Morgan fingerprint density at radius 2 is 2.05 bits per heavy atom. The van der Waals surface area contributed by atoms with Gasteiger partial charge in [0.1, 0.15) is 11.3 Å². The smallest absolute Gasteiger partial charge is 0.145 e. The summed E-state index contributed by atoms with van der Waals surface area (Å²) in [6, 6.07) is 8.22. The zero-order valence-corrected chi connectivity index (χ0v) is 12.0. The summed E-state index contributed by atoms with van der Waals surface area (Å²) in [5.41, 5.74) is 1.96. The first-order valence-electron chi connectivity index (χ1n) is 6.09. The second-order valence-corrected chi connectivity index (χ2v) is 5.58. The van der Waals surface area contributed by atoms with E-state index >= 15 is 0 Å². The van der Waals surface area contributed by atoms with Crippen LogP contribution in [0.4, 0.5) is 0 Å². The van der Waals surface area contributed by atoms with Crippen molar-refractivity contribution in [3.8, 4) is 5.75 Å². The van der Waals surface area contributed by atoms with Gasteiger partial charge in [-0.2, -0.15) is 0 Å². The molecule has 98 valence electrons. The minimum atomic E-state index is 0.643. The van der Waals surface area contributed by atoms with Crippen molar-refractivity contribution in [1.29, 1.82) is 0 Å². The molecule has 0 fully saturated rings. The number of methoxy groups -OCH3 is 2. The molecular formula is C15H15NO2S. The van der Waals surface area contributed by atoms with Gasteiger partial charge in [0.15, 0.2) is 0 Å². The first-order chi connectivity index (χ1) is 9.24. The molecule has 0 unspecified atom stereocenters. The minimum Gasteiger partial charge on any atom is -0.494 e. The van der Waals surface area contributed by atoms with Crippen molar-refractivity contribution in [3.05, 3.63) is 34.8 Å². The van der Waals surface area contributed by atoms with Crippen LogP contribution in [0.25, 0.3) is 21.0 Å². The zero-order chi connectivity index (χ0) is 13.4. The van der Waals surface area contributed by atoms with Gasteiger partial charge in [-0.15, -0.1) is 11.3 Å². The van der Waals surface area contributed by atoms with E-state index in [1.807, 2.05) is 19.1 Å². The number of fused-ring (bicyclic) bond motifs is 3. The summed E-state index contributed by atoms with van der Waals surface area (Å²) in [6.07, 6.45) is 0. The third kappa shape index (κ3) is 1.97. The maximum Gasteiger partial charge on any atom is 0.145 e. The van der Waals surface area contributed by atoms with Crippen LogP contribution < -0.4 is 4.74 Å². The largest absolute Gasteiger partial charge is 0.494 e. The van der Waals surface area contributed by atoms with Gasteiger partial charge in [0.2, 0.25) is 0 Å². The number of hydrogen-bond donors (Lipinski definition) is 0. The Hall–Kier alpha value is -1.65. The molecule has 0 amide bonds. The van der Waals surface area contributed by atoms with E-state index in [1.54, 1.807) is 25.6 Å². The van der Waals surface area contributed by atoms with Crippen molar-refractivity contribution < 1.29 is 9.47 Å². The Balaban J connectivity index is 2.38. The molecule has 3 rings (SSSR count). The normalized spacial score (nSPS) is 11.3. The van der Waals surface area contributed by atoms with Gasteiger partial charge in [0.05, 0.1) is 13.7 Å². The number of benzene rings is 1. The molecule has 0 aliphatic rings. The van der Waals surface area contributed by atoms with Crippen LogP contribution in [-0.4, -0.2) is 19.2 Å². The number of rotatable bonds is 3. The number of ether oxygens (including phenoxy) is 2. The second kappa shape index (κ2) is 4.79. The lowest BCUT2D eigenvalue weighted by Crippen LogP contribution is -1.90. The molecule has 2 heterocycles. The van der Waals surface area contributed by atoms with E-state index in [4.69, 9.17) is 9.47 Å². The van der Waals surface area contributed by atoms with Crippen LogP contribution in [0.15, 0.2) is 24.3 Å². The highest BCUT2D eigenvalue weighted by atomic mass is 32.1. The predicted molar refractivity (Wildman–Crippen MR) is 79.1 cm³/mol. The van der Waals surface area contributed by atoms with Crippen LogP contribution >= 0.6 is 11.3 Å². The average Bonchev–Trinajstić information content (AvgIpc) is 2.83. The molecule has 0 spiro atoms. The Bertz CT molecular complexity index is 749. The van der Waals surface area contributed by atoms with E-state index in [0.717, 1.165) is 22.3 Å². The lowest BCUT2D eigenvalue weighted by Gasteiger charge is -2.06. The van der Waals surface area contributed by atoms with Crippen LogP contribution in [0, 0.1) is 6.92 Å². The Morgan fingerprint density at radius 1 is 1.21 bits per heavy atom. The molecule has 0 radical (unpaired) electrons. The Kier molecular flexibility index (Phi) is 3.12. The molecule has 0 atom stereocenters. The number of pyridine rings is 1. The van der Waals surface area contributed by atoms with E-state index < -0.39 is 0 Å². The quantitative estimate of drug-likeness (QED) is 0.725. The number of aryl methyl sites for hydroxylation is 1. The lowest BCUT2D eigenvalue weighted by atomic mass is 10.1. The fourth-order valence-electron chi connectivity index (χ4n) is 2.34. The number of nitrogens with zero attached hydrogens (tertiary/aromatic N) is 1. The van der Waals surface area contributed by atoms with E-state index in [2.05, 4.69) is 17.1 Å². The molecule has 0 N–H and O–H groups in total. The monoisotopic (exact) mass is 273 g/mol. The molecule has 0 saturated heterocycles. The maximum atomic E-state index is 5.40. The summed E-state index contributed by atoms with van der Waals surface area (Å²) >= 11 is 1.76. The fourth-order valence-corrected chi connectivity index (χ4v) is 3.54. The highest BCUT2D eigenvalue weighted by Gasteiger charge is 2.12. The van der Waals surface area contributed by atoms with Gasteiger partial charge >= 0.3 is 0 Å². The Morgan fingerprint density at radius 3 is 2.79 bits per heavy atom. The number of hydrogen-bond acceptors (Lipinski definition) is 4. The summed E-state index contributed by atoms with van der Waals surface area (Å²) < 4.78 is 11.9. The van der Waals surface area contributed by atoms with Gasteiger partial charge in [-0.05, 0) is 19.1 Å². The standard InChI is InChI=1S/C15H15NO2S/c1-9-12-7-10(8-17-2)19-15(12)11-5-4-6-13(18-3)14(11)16-9/h4-7H,8H2,1-3H3. The van der Waals surface area contributed by atoms with Gasteiger partial charge in [0.25, 0.3) is 0 Å². The second-order valence-electron chi connectivity index (χ2n) is 4.44. The van der Waals surface area contributed by atoms with Crippen molar-refractivity contribution >= 4 is 32.3 Å². The van der Waals surface area contributed by atoms with Gasteiger partial charge < -0.3 is 9.47 Å². The van der Waals surface area contributed by atoms with Crippen LogP contribution in [0.2, 0.25) is 0 Å². The summed E-state index contributed by atoms with van der Waals surface area (Å²) in [5.74, 6) is 0.823. The summed E-state index contributed by atoms with van der Waals surface area (Å²) in [5, 5.41) is 2.35. The summed E-state index contributed by atoms with van der Waals surface area (Å²) in [6.45, 7) is 2.68. The topological polar surface area (TPSA) is 31.4 Å². The van der Waals surface area contributed by atoms with Crippen molar-refractivity contribution in [2.75, 3.05) is 14.2 Å². The highest BCUT2D eigenvalue weighted by molar-refractivity contribution is 7.20. The zero-order valence-electron chi connectivity index (χ0n) is 11.2. The predicted octanol–water partition coefficient (Wildman–Crippen LogP) is 3.91. The van der Waals surface area contributed by atoms with Gasteiger partial charge in [-0.1, -0.05) is 12.1 Å². The molecular weight excluding hydrogens is 258 g/mol. The van der Waals surface area contributed by atoms with Crippen LogP contribution in [0.1, 0.15) is 10.6 Å². The highest BCUT2D eigenvalue weighted by Crippen LogP contribution is 2.36. The molecule has 2 aromatic heterocycles. The first-order valence-corrected chi connectivity index (χ1v) is 6.91. The molecule has 3 aromatic rings. The SMILES string of the molecule is COCc1cc2c(C)nc3c(OC)cccc3c2s1. The third-order valence-electron chi connectivity index (χ3n) is 3.20. The fraction of sp³-hybridized carbons (Fsp3) is 0.267. The van der Waals surface area contributed by atoms with Crippen LogP contribution in [-0.2, 0) is 11.3 Å². The Labute approximate surface area is 115 Å². The first kappa shape index (κ1) is 12.4. The minimum absolute atomic E-state index is 0.643. The number of thiophene rings is 1. The van der Waals surface area contributed by atoms with Crippen molar-refractivity contribution in [1.82, 2.24) is 4.98 Å². The van der Waals surface area contributed by atoms with E-state index in [0.29, 0.717) is 6.61 Å². The lowest BCUT2D eigenvalue weighted by molar-refractivity contribution is 0.187. The summed E-state index contributed by atoms with van der Waals surface area (Å²) in [4.78, 5) is 5.91. The van der Waals surface area contributed by atoms with E-state index in [-0.39, 0.29) is 0 Å². The maximum absolute atomic E-state index is 5.40. The van der Waals surface area contributed by atoms with E-state index in [9.17, 15) is 0 Å². The third-order valence-corrected chi connectivity index (χ3v) is 4.34. The summed E-state index contributed by atoms with van der Waals surface area (Å²) in [7, 11) is 3.40. The molecule has 19 heavy (non-hydrogen) atoms. The average molecular weight is 273 g/mol. The molecule has 0 aliphatic heterocycles. The molecule has 1 aromatic carbocycles. The van der Waals surface area contributed by atoms with Crippen LogP contribution in [0.3, 0.4) is 0 Å². The van der Waals surface area contributed by atoms with Crippen molar-refractivity contribution in [2.24, 2.45) is 0 Å². The van der Waals surface area contributed by atoms with Crippen LogP contribution in [0.5, 0.6) is 5.75 Å². The molecule has 0 saturated carbocycles.